The molecule has 2 atom stereocenters. The highest BCUT2D eigenvalue weighted by molar-refractivity contribution is 5.76. The van der Waals surface area contributed by atoms with Gasteiger partial charge in [0.15, 0.2) is 0 Å². The van der Waals surface area contributed by atoms with Crippen LogP contribution in [0.5, 0.6) is 0 Å². The van der Waals surface area contributed by atoms with Crippen LogP contribution in [0.1, 0.15) is 30.8 Å². The molecule has 0 aliphatic carbocycles. The molecule has 5 rings (SSSR count). The van der Waals surface area contributed by atoms with Gasteiger partial charge in [-0.15, -0.1) is 0 Å². The number of H-pyrrole nitrogens is 2. The Morgan fingerprint density at radius 3 is 2.50 bits per heavy atom. The quantitative estimate of drug-likeness (QED) is 0.527. The minimum Gasteiger partial charge on any atom is -0.373 e. The first-order valence-electron chi connectivity index (χ1n) is 10.6. The summed E-state index contributed by atoms with van der Waals surface area (Å²) < 4.78 is 5.84. The first-order chi connectivity index (χ1) is 14.6. The van der Waals surface area contributed by atoms with Crippen molar-refractivity contribution < 1.29 is 4.74 Å². The van der Waals surface area contributed by atoms with Gasteiger partial charge in [0.25, 0.3) is 0 Å². The second kappa shape index (κ2) is 8.05. The smallest absolute Gasteiger partial charge is 0.121 e. The SMILES string of the molecule is C[C@H]1CN(Cc2nc3ccc(Cc4ccc(-c5ccn[nH]5)cc4)cc3[nH]2)C[C@H](C)O1. The van der Waals surface area contributed by atoms with E-state index in [4.69, 9.17) is 9.72 Å². The van der Waals surface area contributed by atoms with Gasteiger partial charge in [0.2, 0.25) is 0 Å². The number of aromatic amines is 2. The molecule has 3 heterocycles. The van der Waals surface area contributed by atoms with Crippen LogP contribution in [0, 0.1) is 0 Å². The number of rotatable bonds is 5. The van der Waals surface area contributed by atoms with Gasteiger partial charge >= 0.3 is 0 Å². The van der Waals surface area contributed by atoms with Crippen LogP contribution < -0.4 is 0 Å². The number of imidazole rings is 1. The van der Waals surface area contributed by atoms with Crippen LogP contribution in [0.15, 0.2) is 54.7 Å². The van der Waals surface area contributed by atoms with Gasteiger partial charge in [-0.1, -0.05) is 30.3 Å². The molecule has 0 saturated carbocycles. The predicted octanol–water partition coefficient (Wildman–Crippen LogP) is 4.15. The first-order valence-corrected chi connectivity index (χ1v) is 10.6. The molecule has 1 fully saturated rings. The average molecular weight is 402 g/mol. The van der Waals surface area contributed by atoms with Gasteiger partial charge in [-0.05, 0) is 55.2 Å². The molecule has 154 valence electrons. The minimum atomic E-state index is 0.268. The zero-order chi connectivity index (χ0) is 20.5. The molecular formula is C24H27N5O. The van der Waals surface area contributed by atoms with Crippen molar-refractivity contribution in [3.63, 3.8) is 0 Å². The molecule has 6 heteroatoms. The molecule has 2 aromatic heterocycles. The molecule has 30 heavy (non-hydrogen) atoms. The molecule has 2 aromatic carbocycles. The molecule has 1 aliphatic heterocycles. The summed E-state index contributed by atoms with van der Waals surface area (Å²) in [5, 5.41) is 7.03. The zero-order valence-electron chi connectivity index (χ0n) is 17.4. The fourth-order valence-electron chi connectivity index (χ4n) is 4.37. The van der Waals surface area contributed by atoms with Gasteiger partial charge < -0.3 is 9.72 Å². The molecule has 1 saturated heterocycles. The lowest BCUT2D eigenvalue weighted by Crippen LogP contribution is -2.44. The van der Waals surface area contributed by atoms with E-state index in [1.54, 1.807) is 6.20 Å². The van der Waals surface area contributed by atoms with Crippen molar-refractivity contribution in [3.8, 4) is 11.3 Å². The summed E-state index contributed by atoms with van der Waals surface area (Å²) in [6.07, 6.45) is 3.21. The number of ether oxygens (including phenoxy) is 1. The van der Waals surface area contributed by atoms with Crippen molar-refractivity contribution in [1.29, 1.82) is 0 Å². The fraction of sp³-hybridized carbons (Fsp3) is 0.333. The number of nitrogens with zero attached hydrogens (tertiary/aromatic N) is 3. The summed E-state index contributed by atoms with van der Waals surface area (Å²) in [5.41, 5.74) is 6.88. The molecule has 0 bridgehead atoms. The summed E-state index contributed by atoms with van der Waals surface area (Å²) >= 11 is 0. The van der Waals surface area contributed by atoms with Gasteiger partial charge in [-0.2, -0.15) is 5.10 Å². The Labute approximate surface area is 176 Å². The molecule has 0 amide bonds. The van der Waals surface area contributed by atoms with Crippen molar-refractivity contribution >= 4 is 11.0 Å². The summed E-state index contributed by atoms with van der Waals surface area (Å²) in [6.45, 7) is 6.99. The van der Waals surface area contributed by atoms with E-state index in [0.717, 1.165) is 54.2 Å². The third kappa shape index (κ3) is 4.15. The van der Waals surface area contributed by atoms with Crippen LogP contribution >= 0.6 is 0 Å². The van der Waals surface area contributed by atoms with E-state index in [1.807, 2.05) is 6.07 Å². The van der Waals surface area contributed by atoms with Crippen LogP contribution in [0.2, 0.25) is 0 Å². The van der Waals surface area contributed by atoms with E-state index in [0.29, 0.717) is 0 Å². The second-order valence-electron chi connectivity index (χ2n) is 8.33. The summed E-state index contributed by atoms with van der Waals surface area (Å²) in [7, 11) is 0. The van der Waals surface area contributed by atoms with Gasteiger partial charge in [-0.25, -0.2) is 4.98 Å². The van der Waals surface area contributed by atoms with E-state index in [-0.39, 0.29) is 12.2 Å². The standard InChI is InChI=1S/C24H27N5O/c1-16-13-29(14-17(2)30-16)15-24-26-22-8-5-19(12-23(22)27-24)11-18-3-6-20(7-4-18)21-9-10-25-28-21/h3-10,12,16-17H,11,13-15H2,1-2H3,(H,25,28)(H,26,27)/t16-,17-/m0/s1. The Balaban J connectivity index is 1.29. The van der Waals surface area contributed by atoms with Crippen LogP contribution in [-0.2, 0) is 17.7 Å². The average Bonchev–Trinajstić information content (AvgIpc) is 3.37. The van der Waals surface area contributed by atoms with Gasteiger partial charge in [-0.3, -0.25) is 10.00 Å². The second-order valence-corrected chi connectivity index (χ2v) is 8.33. The van der Waals surface area contributed by atoms with E-state index >= 15 is 0 Å². The number of benzene rings is 2. The Hall–Kier alpha value is -2.96. The van der Waals surface area contributed by atoms with E-state index in [9.17, 15) is 0 Å². The van der Waals surface area contributed by atoms with Crippen molar-refractivity contribution in [2.75, 3.05) is 13.1 Å². The summed E-state index contributed by atoms with van der Waals surface area (Å²) in [6, 6.07) is 17.1. The predicted molar refractivity (Wildman–Crippen MR) is 118 cm³/mol. The first kappa shape index (κ1) is 19.0. The van der Waals surface area contributed by atoms with Gasteiger partial charge in [0.05, 0.1) is 35.5 Å². The maximum atomic E-state index is 5.84. The summed E-state index contributed by atoms with van der Waals surface area (Å²) in [5.74, 6) is 1.02. The van der Waals surface area contributed by atoms with Crippen LogP contribution in [0.4, 0.5) is 0 Å². The Kier molecular flexibility index (Phi) is 5.11. The summed E-state index contributed by atoms with van der Waals surface area (Å²) in [4.78, 5) is 10.7. The molecule has 6 nitrogen and oxygen atoms in total. The zero-order valence-corrected chi connectivity index (χ0v) is 17.4. The molecule has 0 radical (unpaired) electrons. The van der Waals surface area contributed by atoms with Crippen molar-refractivity contribution in [2.24, 2.45) is 0 Å². The monoisotopic (exact) mass is 401 g/mol. The largest absolute Gasteiger partial charge is 0.373 e. The number of morpholine rings is 1. The maximum absolute atomic E-state index is 5.84. The molecule has 1 aliphatic rings. The van der Waals surface area contributed by atoms with Crippen LogP contribution in [0.3, 0.4) is 0 Å². The maximum Gasteiger partial charge on any atom is 0.121 e. The number of hydrogen-bond donors (Lipinski definition) is 2. The Bertz CT molecular complexity index is 1110. The number of fused-ring (bicyclic) bond motifs is 1. The van der Waals surface area contributed by atoms with Gasteiger partial charge in [0, 0.05) is 19.3 Å². The highest BCUT2D eigenvalue weighted by Crippen LogP contribution is 2.21. The number of aromatic nitrogens is 4. The minimum absolute atomic E-state index is 0.268. The highest BCUT2D eigenvalue weighted by atomic mass is 16.5. The molecule has 4 aromatic rings. The van der Waals surface area contributed by atoms with Crippen LogP contribution in [0.25, 0.3) is 22.3 Å². The number of hydrogen-bond acceptors (Lipinski definition) is 4. The van der Waals surface area contributed by atoms with Crippen molar-refractivity contribution in [1.82, 2.24) is 25.1 Å². The van der Waals surface area contributed by atoms with Crippen LogP contribution in [-0.4, -0.2) is 50.4 Å². The van der Waals surface area contributed by atoms with Crippen molar-refractivity contribution in [2.45, 2.75) is 39.0 Å². The highest BCUT2D eigenvalue weighted by Gasteiger charge is 2.22. The fourth-order valence-corrected chi connectivity index (χ4v) is 4.37. The topological polar surface area (TPSA) is 69.8 Å². The molecule has 2 N–H and O–H groups in total. The normalized spacial score (nSPS) is 20.1. The Morgan fingerprint density at radius 1 is 1.00 bits per heavy atom. The van der Waals surface area contributed by atoms with E-state index in [2.05, 4.69) is 76.4 Å². The van der Waals surface area contributed by atoms with Crippen molar-refractivity contribution in [3.05, 3.63) is 71.7 Å². The lowest BCUT2D eigenvalue weighted by Gasteiger charge is -2.34. The molecule has 0 unspecified atom stereocenters. The van der Waals surface area contributed by atoms with Gasteiger partial charge in [0.1, 0.15) is 5.82 Å². The third-order valence-corrected chi connectivity index (χ3v) is 5.64. The number of nitrogens with one attached hydrogen (secondary N) is 2. The molecular weight excluding hydrogens is 374 g/mol. The molecule has 0 spiro atoms. The lowest BCUT2D eigenvalue weighted by molar-refractivity contribution is -0.0710. The Morgan fingerprint density at radius 2 is 1.77 bits per heavy atom. The third-order valence-electron chi connectivity index (χ3n) is 5.64. The lowest BCUT2D eigenvalue weighted by atomic mass is 10.0. The van der Waals surface area contributed by atoms with E-state index in [1.165, 1.54) is 11.1 Å². The van der Waals surface area contributed by atoms with E-state index < -0.39 is 0 Å².